The number of benzene rings is 2. The third-order valence-electron chi connectivity index (χ3n) is 5.53. The van der Waals surface area contributed by atoms with Gasteiger partial charge in [-0.05, 0) is 55.2 Å². The van der Waals surface area contributed by atoms with Crippen LogP contribution < -0.4 is 10.1 Å². The topological polar surface area (TPSA) is 75.7 Å². The molecule has 0 aromatic heterocycles. The Kier molecular flexibility index (Phi) is 7.86. The molecule has 1 saturated heterocycles. The van der Waals surface area contributed by atoms with E-state index >= 15 is 0 Å². The van der Waals surface area contributed by atoms with E-state index in [1.54, 1.807) is 25.3 Å². The zero-order valence-corrected chi connectivity index (χ0v) is 19.8. The smallest absolute Gasteiger partial charge is 0.223 e. The predicted molar refractivity (Wildman–Crippen MR) is 123 cm³/mol. The molecule has 0 radical (unpaired) electrons. The molecule has 0 spiro atoms. The maximum atomic E-state index is 12.8. The minimum Gasteiger partial charge on any atom is -0.497 e. The zero-order chi connectivity index (χ0) is 22.6. The van der Waals surface area contributed by atoms with Gasteiger partial charge in [0.2, 0.25) is 15.9 Å². The van der Waals surface area contributed by atoms with Crippen LogP contribution in [0.4, 0.5) is 0 Å². The molecule has 2 aromatic rings. The molecule has 2 aromatic carbocycles. The summed E-state index contributed by atoms with van der Waals surface area (Å²) in [5, 5.41) is 3.75. The number of sulfonamides is 1. The van der Waals surface area contributed by atoms with E-state index in [1.165, 1.54) is 4.31 Å². The number of rotatable bonds is 7. The number of piperidine rings is 1. The molecule has 31 heavy (non-hydrogen) atoms. The van der Waals surface area contributed by atoms with Crippen molar-refractivity contribution in [2.24, 2.45) is 5.92 Å². The molecule has 6 nitrogen and oxygen atoms in total. The first-order chi connectivity index (χ1) is 14.7. The molecule has 0 bridgehead atoms. The number of hydrogen-bond donors (Lipinski definition) is 1. The number of hydrogen-bond acceptors (Lipinski definition) is 4. The Morgan fingerprint density at radius 1 is 1.13 bits per heavy atom. The minimum atomic E-state index is -3.50. The average molecular weight is 485 g/mol. The van der Waals surface area contributed by atoms with Crippen LogP contribution in [-0.2, 0) is 20.6 Å². The number of ether oxygens (including phenoxy) is 1. The van der Waals surface area contributed by atoms with Crippen LogP contribution in [0.2, 0.25) is 10.0 Å². The van der Waals surface area contributed by atoms with Crippen molar-refractivity contribution in [1.82, 2.24) is 9.62 Å². The van der Waals surface area contributed by atoms with E-state index in [1.807, 2.05) is 31.2 Å². The van der Waals surface area contributed by atoms with E-state index in [0.717, 1.165) is 11.3 Å². The fourth-order valence-electron chi connectivity index (χ4n) is 3.63. The number of nitrogens with zero attached hydrogens (tertiary/aromatic N) is 1. The van der Waals surface area contributed by atoms with Crippen LogP contribution in [0.3, 0.4) is 0 Å². The highest BCUT2D eigenvalue weighted by Gasteiger charge is 2.31. The van der Waals surface area contributed by atoms with Gasteiger partial charge in [0.05, 0.1) is 28.9 Å². The van der Waals surface area contributed by atoms with Crippen molar-refractivity contribution in [3.05, 3.63) is 63.6 Å². The van der Waals surface area contributed by atoms with E-state index in [-0.39, 0.29) is 23.6 Å². The highest BCUT2D eigenvalue weighted by Crippen LogP contribution is 2.26. The molecule has 0 aliphatic carbocycles. The summed E-state index contributed by atoms with van der Waals surface area (Å²) in [4.78, 5) is 12.7. The third kappa shape index (κ3) is 6.13. The summed E-state index contributed by atoms with van der Waals surface area (Å²) in [5.41, 5.74) is 1.57. The van der Waals surface area contributed by atoms with Crippen LogP contribution in [-0.4, -0.2) is 38.8 Å². The molecule has 9 heteroatoms. The van der Waals surface area contributed by atoms with Crippen molar-refractivity contribution in [3.8, 4) is 5.75 Å². The molecule has 1 unspecified atom stereocenters. The Morgan fingerprint density at radius 2 is 1.77 bits per heavy atom. The average Bonchev–Trinajstić information content (AvgIpc) is 2.76. The maximum Gasteiger partial charge on any atom is 0.223 e. The van der Waals surface area contributed by atoms with Crippen molar-refractivity contribution in [2.75, 3.05) is 20.2 Å². The van der Waals surface area contributed by atoms with Gasteiger partial charge in [-0.1, -0.05) is 41.4 Å². The molecular weight excluding hydrogens is 459 g/mol. The van der Waals surface area contributed by atoms with Crippen LogP contribution >= 0.6 is 23.2 Å². The summed E-state index contributed by atoms with van der Waals surface area (Å²) in [5.74, 6) is 0.355. The Hall–Kier alpha value is -1.80. The molecule has 1 aliphatic rings. The largest absolute Gasteiger partial charge is 0.497 e. The summed E-state index contributed by atoms with van der Waals surface area (Å²) in [7, 11) is -1.89. The molecule has 1 N–H and O–H groups in total. The minimum absolute atomic E-state index is 0.0511. The molecule has 168 valence electrons. The fraction of sp³-hybridized carbons (Fsp3) is 0.409. The lowest BCUT2D eigenvalue weighted by Gasteiger charge is -2.31. The molecule has 1 fully saturated rings. The Labute approximate surface area is 193 Å². The van der Waals surface area contributed by atoms with Crippen molar-refractivity contribution >= 4 is 39.1 Å². The van der Waals surface area contributed by atoms with Crippen LogP contribution in [0.5, 0.6) is 5.75 Å². The van der Waals surface area contributed by atoms with Gasteiger partial charge in [0.1, 0.15) is 5.75 Å². The predicted octanol–water partition coefficient (Wildman–Crippen LogP) is 4.42. The van der Waals surface area contributed by atoms with Gasteiger partial charge < -0.3 is 10.1 Å². The quantitative estimate of drug-likeness (QED) is 0.630. The number of methoxy groups -OCH3 is 1. The van der Waals surface area contributed by atoms with Gasteiger partial charge in [0, 0.05) is 19.0 Å². The SMILES string of the molecule is COc1ccc(C(C)NC(=O)C2CCN(S(=O)(=O)Cc3ccc(Cl)c(Cl)c3)CC2)cc1. The van der Waals surface area contributed by atoms with Gasteiger partial charge in [-0.15, -0.1) is 0 Å². The lowest BCUT2D eigenvalue weighted by atomic mass is 9.96. The first-order valence-corrected chi connectivity index (χ1v) is 12.4. The van der Waals surface area contributed by atoms with Gasteiger partial charge in [-0.25, -0.2) is 12.7 Å². The molecule has 3 rings (SSSR count). The van der Waals surface area contributed by atoms with E-state index in [2.05, 4.69) is 5.32 Å². The van der Waals surface area contributed by atoms with Gasteiger partial charge in [-0.2, -0.15) is 0 Å². The Morgan fingerprint density at radius 3 is 2.35 bits per heavy atom. The summed E-state index contributed by atoms with van der Waals surface area (Å²) in [6, 6.07) is 12.2. The number of carbonyl (C=O) groups is 1. The van der Waals surface area contributed by atoms with E-state index in [9.17, 15) is 13.2 Å². The fourth-order valence-corrected chi connectivity index (χ4v) is 5.51. The van der Waals surface area contributed by atoms with Crippen LogP contribution in [0.1, 0.15) is 36.9 Å². The Bertz CT molecular complexity index is 1020. The van der Waals surface area contributed by atoms with Gasteiger partial charge in [0.15, 0.2) is 0 Å². The van der Waals surface area contributed by atoms with Gasteiger partial charge in [0.25, 0.3) is 0 Å². The summed E-state index contributed by atoms with van der Waals surface area (Å²) in [6.45, 7) is 2.56. The lowest BCUT2D eigenvalue weighted by Crippen LogP contribution is -2.43. The standard InChI is InChI=1S/C22H26Cl2N2O4S/c1-15(17-4-6-19(30-2)7-5-17)25-22(27)18-9-11-26(12-10-18)31(28,29)14-16-3-8-20(23)21(24)13-16/h3-8,13,15,18H,9-12,14H2,1-2H3,(H,25,27). The molecule has 0 saturated carbocycles. The second kappa shape index (κ2) is 10.2. The number of nitrogens with one attached hydrogen (secondary N) is 1. The van der Waals surface area contributed by atoms with Crippen molar-refractivity contribution in [2.45, 2.75) is 31.6 Å². The second-order valence-electron chi connectivity index (χ2n) is 7.68. The third-order valence-corrected chi connectivity index (χ3v) is 8.11. The molecular formula is C22H26Cl2N2O4S. The lowest BCUT2D eigenvalue weighted by molar-refractivity contribution is -0.126. The van der Waals surface area contributed by atoms with Gasteiger partial charge >= 0.3 is 0 Å². The normalized spacial score (nSPS) is 16.6. The molecule has 1 heterocycles. The molecule has 1 aliphatic heterocycles. The monoisotopic (exact) mass is 484 g/mol. The maximum absolute atomic E-state index is 12.8. The van der Waals surface area contributed by atoms with Crippen LogP contribution in [0, 0.1) is 5.92 Å². The summed E-state index contributed by atoms with van der Waals surface area (Å²) in [6.07, 6.45) is 0.976. The zero-order valence-electron chi connectivity index (χ0n) is 17.5. The van der Waals surface area contributed by atoms with E-state index in [4.69, 9.17) is 27.9 Å². The summed E-state index contributed by atoms with van der Waals surface area (Å²) >= 11 is 11.9. The van der Waals surface area contributed by atoms with Crippen molar-refractivity contribution in [1.29, 1.82) is 0 Å². The summed E-state index contributed by atoms with van der Waals surface area (Å²) < 4.78 is 32.2. The second-order valence-corrected chi connectivity index (χ2v) is 10.5. The molecule has 1 atom stereocenters. The Balaban J connectivity index is 1.53. The highest BCUT2D eigenvalue weighted by molar-refractivity contribution is 7.88. The van der Waals surface area contributed by atoms with E-state index in [0.29, 0.717) is 41.5 Å². The highest BCUT2D eigenvalue weighted by atomic mass is 35.5. The first kappa shape index (κ1) is 23.9. The first-order valence-electron chi connectivity index (χ1n) is 10.1. The van der Waals surface area contributed by atoms with Gasteiger partial charge in [-0.3, -0.25) is 4.79 Å². The number of halogens is 2. The number of carbonyl (C=O) groups excluding carboxylic acids is 1. The van der Waals surface area contributed by atoms with Crippen LogP contribution in [0.15, 0.2) is 42.5 Å². The van der Waals surface area contributed by atoms with Crippen LogP contribution in [0.25, 0.3) is 0 Å². The van der Waals surface area contributed by atoms with E-state index < -0.39 is 10.0 Å². The van der Waals surface area contributed by atoms with Crippen molar-refractivity contribution in [3.63, 3.8) is 0 Å². The molecule has 1 amide bonds. The van der Waals surface area contributed by atoms with Crippen molar-refractivity contribution < 1.29 is 17.9 Å². The number of amides is 1.